The van der Waals surface area contributed by atoms with E-state index < -0.39 is 0 Å². The standard InChI is InChI=1S/Be.S.Se.Zn/q+2;2*-2;+2. The van der Waals surface area contributed by atoms with E-state index in [-0.39, 0.29) is 60.2 Å². The normalized spacial score (nSPS) is 0. The second-order valence-corrected chi connectivity index (χ2v) is 0. The van der Waals surface area contributed by atoms with E-state index in [1.807, 2.05) is 0 Å². The Kier molecular flexibility index (Phi) is 252. The fourth-order valence-electron chi connectivity index (χ4n) is 0. The third kappa shape index (κ3) is 9.39. The predicted molar refractivity (Wildman–Crippen MR) is 18.9 cm³/mol. The van der Waals surface area contributed by atoms with Gasteiger partial charge in [0.25, 0.3) is 0 Å². The van der Waals surface area contributed by atoms with Crippen LogP contribution in [-0.4, -0.2) is 27.2 Å². The van der Waals surface area contributed by atoms with Crippen LogP contribution in [0.5, 0.6) is 0 Å². The molecule has 0 unspecified atom stereocenters. The Labute approximate surface area is 60.0 Å². The molecule has 0 aliphatic carbocycles. The molecule has 0 saturated carbocycles. The van der Waals surface area contributed by atoms with E-state index in [0.29, 0.717) is 0 Å². The first-order valence-electron chi connectivity index (χ1n) is 0. The summed E-state index contributed by atoms with van der Waals surface area (Å²) in [7, 11) is 0. The van der Waals surface area contributed by atoms with Gasteiger partial charge in [-0.15, -0.1) is 0 Å². The molecule has 0 radical (unpaired) electrons. The number of hydrogen-bond acceptors (Lipinski definition) is 0. The molecule has 0 aromatic heterocycles. The molecule has 0 spiro atoms. The zero-order valence-corrected chi connectivity index (χ0v) is 7.73. The Morgan fingerprint density at radius 2 is 1.00 bits per heavy atom. The van der Waals surface area contributed by atoms with Crippen molar-refractivity contribution >= 4 is 40.7 Å². The fourth-order valence-corrected chi connectivity index (χ4v) is 0. The average molecular weight is 185 g/mol. The molecule has 0 heterocycles. The average Bonchev–Trinajstić information content (AvgIpc) is 0. The van der Waals surface area contributed by atoms with Gasteiger partial charge in [-0.05, 0) is 0 Å². The van der Waals surface area contributed by atoms with Gasteiger partial charge in [0.15, 0.2) is 0 Å². The van der Waals surface area contributed by atoms with Gasteiger partial charge in [0, 0.05) is 0 Å². The van der Waals surface area contributed by atoms with Gasteiger partial charge in [-0.3, -0.25) is 0 Å². The summed E-state index contributed by atoms with van der Waals surface area (Å²) in [5.74, 6) is 0. The molecule has 0 atom stereocenters. The van der Waals surface area contributed by atoms with Crippen molar-refractivity contribution < 1.29 is 19.5 Å². The molecule has 0 bridgehead atoms. The largest absolute Gasteiger partial charge is 2.00 e. The maximum atomic E-state index is 0. The molecule has 16 valence electrons. The first-order chi connectivity index (χ1) is 0. The molecule has 0 aliphatic heterocycles. The van der Waals surface area contributed by atoms with E-state index in [2.05, 4.69) is 0 Å². The van der Waals surface area contributed by atoms with Gasteiger partial charge in [-0.25, -0.2) is 0 Å². The molecular weight excluding hydrogens is 185 g/mol. The van der Waals surface area contributed by atoms with Gasteiger partial charge < -0.3 is 30.6 Å². The van der Waals surface area contributed by atoms with E-state index in [0.717, 1.165) is 0 Å². The van der Waals surface area contributed by atoms with Crippen molar-refractivity contribution in [2.24, 2.45) is 0 Å². The Hall–Kier alpha value is 1.66. The van der Waals surface area contributed by atoms with Crippen molar-refractivity contribution in [3.05, 3.63) is 0 Å². The Balaban J connectivity index is 0. The third-order valence-corrected chi connectivity index (χ3v) is 0. The zero-order valence-electron chi connectivity index (χ0n) is 2.23. The molecular formula is BeSSeZn. The first-order valence-corrected chi connectivity index (χ1v) is 0. The van der Waals surface area contributed by atoms with Crippen LogP contribution in [0.2, 0.25) is 0 Å². The summed E-state index contributed by atoms with van der Waals surface area (Å²) < 4.78 is 0. The van der Waals surface area contributed by atoms with E-state index in [1.165, 1.54) is 0 Å². The second-order valence-electron chi connectivity index (χ2n) is 0. The number of rotatable bonds is 0. The fraction of sp³-hybridized carbons (Fsp3) is 0. The SMILES string of the molecule is [Be+2].[S-2].[Se-2].[Zn+2]. The van der Waals surface area contributed by atoms with Gasteiger partial charge in [0.1, 0.15) is 0 Å². The first kappa shape index (κ1) is 44.6. The molecule has 0 aromatic carbocycles. The Morgan fingerprint density at radius 1 is 1.00 bits per heavy atom. The van der Waals surface area contributed by atoms with Crippen LogP contribution in [0.15, 0.2) is 0 Å². The summed E-state index contributed by atoms with van der Waals surface area (Å²) in [6.45, 7) is 0. The van der Waals surface area contributed by atoms with E-state index in [4.69, 9.17) is 0 Å². The molecule has 0 aliphatic rings. The van der Waals surface area contributed by atoms with E-state index in [9.17, 15) is 0 Å². The van der Waals surface area contributed by atoms with Crippen molar-refractivity contribution in [3.63, 3.8) is 0 Å². The Morgan fingerprint density at radius 3 is 1.00 bits per heavy atom. The van der Waals surface area contributed by atoms with Crippen LogP contribution >= 0.6 is 0 Å². The van der Waals surface area contributed by atoms with Crippen molar-refractivity contribution in [3.8, 4) is 0 Å². The topological polar surface area (TPSA) is 0 Å². The maximum absolute atomic E-state index is 0. The smallest absolute Gasteiger partial charge is 2.00 e. The molecule has 0 fully saturated rings. The van der Waals surface area contributed by atoms with Gasteiger partial charge in [-0.2, -0.15) is 0 Å². The monoisotopic (exact) mass is 185 g/mol. The summed E-state index contributed by atoms with van der Waals surface area (Å²) in [6.07, 6.45) is 0. The summed E-state index contributed by atoms with van der Waals surface area (Å²) in [6, 6.07) is 0. The maximum Gasteiger partial charge on any atom is 2.00 e. The van der Waals surface area contributed by atoms with Crippen LogP contribution < -0.4 is 0 Å². The summed E-state index contributed by atoms with van der Waals surface area (Å²) in [4.78, 5) is 0. The molecule has 0 saturated heterocycles. The molecule has 0 aromatic rings. The quantitative estimate of drug-likeness (QED) is 0.435. The van der Waals surface area contributed by atoms with Gasteiger partial charge >= 0.3 is 29.6 Å². The van der Waals surface area contributed by atoms with Crippen molar-refractivity contribution in [2.45, 2.75) is 0 Å². The summed E-state index contributed by atoms with van der Waals surface area (Å²) in [5.41, 5.74) is 0. The molecule has 0 rings (SSSR count). The predicted octanol–water partition coefficient (Wildman–Crippen LogP) is -0.766. The van der Waals surface area contributed by atoms with Crippen LogP contribution in [0.25, 0.3) is 0 Å². The molecule has 0 amide bonds. The Bertz CT molecular complexity index is 8.00. The van der Waals surface area contributed by atoms with E-state index >= 15 is 0 Å². The van der Waals surface area contributed by atoms with Gasteiger partial charge in [0.2, 0.25) is 0 Å². The zero-order chi connectivity index (χ0) is 0. The minimum absolute atomic E-state index is 0. The van der Waals surface area contributed by atoms with Crippen molar-refractivity contribution in [1.82, 2.24) is 0 Å². The van der Waals surface area contributed by atoms with Crippen LogP contribution in [0.1, 0.15) is 0 Å². The second kappa shape index (κ2) is 22.6. The molecule has 0 N–H and O–H groups in total. The van der Waals surface area contributed by atoms with Crippen LogP contribution in [-0.2, 0) is 33.0 Å². The molecule has 4 heavy (non-hydrogen) atoms. The minimum atomic E-state index is 0. The molecule has 4 heteroatoms. The third-order valence-electron chi connectivity index (χ3n) is 0. The van der Waals surface area contributed by atoms with E-state index in [1.54, 1.807) is 0 Å². The van der Waals surface area contributed by atoms with Crippen molar-refractivity contribution in [2.75, 3.05) is 0 Å². The van der Waals surface area contributed by atoms with Crippen molar-refractivity contribution in [1.29, 1.82) is 0 Å². The van der Waals surface area contributed by atoms with Crippen LogP contribution in [0, 0.1) is 0 Å². The summed E-state index contributed by atoms with van der Waals surface area (Å²) in [5, 5.41) is 0. The van der Waals surface area contributed by atoms with Gasteiger partial charge in [-0.1, -0.05) is 0 Å². The van der Waals surface area contributed by atoms with Crippen LogP contribution in [0.4, 0.5) is 0 Å². The van der Waals surface area contributed by atoms with Crippen LogP contribution in [0.3, 0.4) is 0 Å². The summed E-state index contributed by atoms with van der Waals surface area (Å²) >= 11 is 0. The number of hydrogen-bond donors (Lipinski definition) is 0. The molecule has 0 nitrogen and oxygen atoms in total. The minimum Gasteiger partial charge on any atom is -2.00 e. The van der Waals surface area contributed by atoms with Gasteiger partial charge in [0.05, 0.1) is 0 Å².